The Morgan fingerprint density at radius 1 is 1.30 bits per heavy atom. The van der Waals surface area contributed by atoms with Crippen LogP contribution in [0.5, 0.6) is 0 Å². The molecule has 0 saturated carbocycles. The Hall–Kier alpha value is -1.72. The molecule has 0 saturated heterocycles. The van der Waals surface area contributed by atoms with Gasteiger partial charge in [-0.1, -0.05) is 25.1 Å². The summed E-state index contributed by atoms with van der Waals surface area (Å²) in [5, 5.41) is 3.93. The summed E-state index contributed by atoms with van der Waals surface area (Å²) >= 11 is 5.09. The number of nitrogens with one attached hydrogen (secondary N) is 1. The Morgan fingerprint density at radius 2 is 2.09 bits per heavy atom. The number of aromatic nitrogens is 1. The van der Waals surface area contributed by atoms with Gasteiger partial charge in [0.1, 0.15) is 0 Å². The molecule has 5 heteroatoms. The van der Waals surface area contributed by atoms with Gasteiger partial charge in [-0.2, -0.15) is 0 Å². The smallest absolute Gasteiger partial charge is 0.252 e. The van der Waals surface area contributed by atoms with Crippen LogP contribution in [-0.4, -0.2) is 16.9 Å². The van der Waals surface area contributed by atoms with Crippen LogP contribution in [-0.2, 0) is 0 Å². The largest absolute Gasteiger partial charge is 0.350 e. The van der Waals surface area contributed by atoms with Gasteiger partial charge in [0, 0.05) is 11.4 Å². The van der Waals surface area contributed by atoms with Crippen LogP contribution in [0.1, 0.15) is 30.6 Å². The first kappa shape index (κ1) is 16.1. The Balaban J connectivity index is 2.13. The van der Waals surface area contributed by atoms with Crippen LogP contribution in [0.4, 0.5) is 0 Å². The van der Waals surface area contributed by atoms with E-state index in [1.165, 1.54) is 0 Å². The van der Waals surface area contributed by atoms with Crippen LogP contribution >= 0.6 is 27.3 Å². The SMILES string of the molecule is CCC(C)NC(=O)c1cc(-c2ccc(Br)s2)nc2ccccc12. The number of thiophene rings is 1. The van der Waals surface area contributed by atoms with Crippen LogP contribution in [0.2, 0.25) is 0 Å². The van der Waals surface area contributed by atoms with Crippen LogP contribution in [0, 0.1) is 0 Å². The van der Waals surface area contributed by atoms with Crippen molar-refractivity contribution in [2.45, 2.75) is 26.3 Å². The molecule has 0 aliphatic rings. The summed E-state index contributed by atoms with van der Waals surface area (Å²) in [4.78, 5) is 18.4. The lowest BCUT2D eigenvalue weighted by Gasteiger charge is -2.13. The zero-order valence-electron chi connectivity index (χ0n) is 13.0. The molecule has 1 aromatic carbocycles. The maximum atomic E-state index is 12.7. The van der Waals surface area contributed by atoms with Crippen molar-refractivity contribution in [2.75, 3.05) is 0 Å². The molecule has 0 aliphatic heterocycles. The normalized spacial score (nSPS) is 12.3. The van der Waals surface area contributed by atoms with E-state index in [2.05, 4.69) is 28.2 Å². The number of nitrogens with zero attached hydrogens (tertiary/aromatic N) is 1. The van der Waals surface area contributed by atoms with Crippen LogP contribution in [0.25, 0.3) is 21.5 Å². The first-order valence-corrected chi connectivity index (χ1v) is 9.15. The number of halogens is 1. The molecule has 3 nitrogen and oxygen atoms in total. The lowest BCUT2D eigenvalue weighted by Crippen LogP contribution is -2.32. The molecule has 1 amide bonds. The van der Waals surface area contributed by atoms with Crippen LogP contribution in [0.3, 0.4) is 0 Å². The number of fused-ring (bicyclic) bond motifs is 1. The van der Waals surface area contributed by atoms with Crippen molar-refractivity contribution < 1.29 is 4.79 Å². The second-order valence-corrected chi connectivity index (χ2v) is 7.92. The third kappa shape index (κ3) is 3.46. The molecular formula is C18H17BrN2OS. The molecule has 0 bridgehead atoms. The second-order valence-electron chi connectivity index (χ2n) is 5.46. The van der Waals surface area contributed by atoms with E-state index in [1.807, 2.05) is 49.4 Å². The molecule has 1 atom stereocenters. The number of hydrogen-bond acceptors (Lipinski definition) is 3. The maximum absolute atomic E-state index is 12.7. The quantitative estimate of drug-likeness (QED) is 0.662. The fourth-order valence-electron chi connectivity index (χ4n) is 2.35. The number of amides is 1. The van der Waals surface area contributed by atoms with Crippen molar-refractivity contribution in [3.05, 3.63) is 51.8 Å². The van der Waals surface area contributed by atoms with Crippen molar-refractivity contribution in [1.82, 2.24) is 10.3 Å². The summed E-state index contributed by atoms with van der Waals surface area (Å²) < 4.78 is 1.05. The summed E-state index contributed by atoms with van der Waals surface area (Å²) in [6.07, 6.45) is 0.902. The number of benzene rings is 1. The standard InChI is InChI=1S/C18H17BrN2OS/c1-3-11(2)20-18(22)13-10-15(16-8-9-17(19)23-16)21-14-7-5-4-6-12(13)14/h4-11H,3H2,1-2H3,(H,20,22). The average molecular weight is 389 g/mol. The molecule has 1 unspecified atom stereocenters. The van der Waals surface area contributed by atoms with Crippen molar-refractivity contribution in [3.63, 3.8) is 0 Å². The first-order valence-electron chi connectivity index (χ1n) is 7.55. The number of carbonyl (C=O) groups is 1. The molecule has 23 heavy (non-hydrogen) atoms. The first-order chi connectivity index (χ1) is 11.1. The summed E-state index contributed by atoms with van der Waals surface area (Å²) in [5.74, 6) is -0.0465. The lowest BCUT2D eigenvalue weighted by atomic mass is 10.1. The minimum absolute atomic E-state index is 0.0465. The monoisotopic (exact) mass is 388 g/mol. The van der Waals surface area contributed by atoms with Gasteiger partial charge in [-0.25, -0.2) is 4.98 Å². The Bertz CT molecular complexity index is 859. The molecule has 2 aromatic heterocycles. The highest BCUT2D eigenvalue weighted by atomic mass is 79.9. The zero-order valence-corrected chi connectivity index (χ0v) is 15.4. The highest BCUT2D eigenvalue weighted by Crippen LogP contribution is 2.32. The van der Waals surface area contributed by atoms with Gasteiger partial charge < -0.3 is 5.32 Å². The van der Waals surface area contributed by atoms with Gasteiger partial charge in [0.05, 0.1) is 25.4 Å². The average Bonchev–Trinajstić information content (AvgIpc) is 3.00. The molecule has 0 radical (unpaired) electrons. The highest BCUT2D eigenvalue weighted by molar-refractivity contribution is 9.11. The Morgan fingerprint density at radius 3 is 2.78 bits per heavy atom. The van der Waals surface area contributed by atoms with Crippen molar-refractivity contribution in [2.24, 2.45) is 0 Å². The van der Waals surface area contributed by atoms with Gasteiger partial charge in [-0.05, 0) is 53.5 Å². The lowest BCUT2D eigenvalue weighted by molar-refractivity contribution is 0.0941. The van der Waals surface area contributed by atoms with Gasteiger partial charge in [0.25, 0.3) is 5.91 Å². The van der Waals surface area contributed by atoms with E-state index >= 15 is 0 Å². The number of carbonyl (C=O) groups excluding carboxylic acids is 1. The fourth-order valence-corrected chi connectivity index (χ4v) is 3.69. The van der Waals surface area contributed by atoms with Crippen LogP contribution in [0.15, 0.2) is 46.3 Å². The molecule has 3 rings (SSSR count). The summed E-state index contributed by atoms with van der Waals surface area (Å²) in [6.45, 7) is 4.07. The van der Waals surface area contributed by atoms with Gasteiger partial charge in [0.2, 0.25) is 0 Å². The molecule has 3 aromatic rings. The van der Waals surface area contributed by atoms with E-state index in [0.717, 1.165) is 31.7 Å². The summed E-state index contributed by atoms with van der Waals surface area (Å²) in [5.41, 5.74) is 2.34. The Kier molecular flexibility index (Phi) is 4.78. The van der Waals surface area contributed by atoms with Gasteiger partial charge in [-0.15, -0.1) is 11.3 Å². The predicted molar refractivity (Wildman–Crippen MR) is 100.0 cm³/mol. The molecule has 118 valence electrons. The van der Waals surface area contributed by atoms with E-state index < -0.39 is 0 Å². The molecule has 0 fully saturated rings. The second kappa shape index (κ2) is 6.81. The minimum atomic E-state index is -0.0465. The van der Waals surface area contributed by atoms with Crippen LogP contribution < -0.4 is 5.32 Å². The van der Waals surface area contributed by atoms with E-state index in [-0.39, 0.29) is 11.9 Å². The molecular weight excluding hydrogens is 372 g/mol. The van der Waals surface area contributed by atoms with Crippen molar-refractivity contribution in [1.29, 1.82) is 0 Å². The number of rotatable bonds is 4. The zero-order chi connectivity index (χ0) is 16.4. The highest BCUT2D eigenvalue weighted by Gasteiger charge is 2.15. The van der Waals surface area contributed by atoms with Crippen molar-refractivity contribution >= 4 is 44.1 Å². The van der Waals surface area contributed by atoms with Gasteiger partial charge in [-0.3, -0.25) is 4.79 Å². The van der Waals surface area contributed by atoms with Crippen molar-refractivity contribution in [3.8, 4) is 10.6 Å². The number of pyridine rings is 1. The summed E-state index contributed by atoms with van der Waals surface area (Å²) in [7, 11) is 0. The molecule has 0 aliphatic carbocycles. The Labute approximate surface area is 147 Å². The fraction of sp³-hybridized carbons (Fsp3) is 0.222. The van der Waals surface area contributed by atoms with E-state index in [1.54, 1.807) is 11.3 Å². The van der Waals surface area contributed by atoms with E-state index in [4.69, 9.17) is 4.98 Å². The topological polar surface area (TPSA) is 42.0 Å². The molecule has 2 heterocycles. The third-order valence-corrected chi connectivity index (χ3v) is 5.42. The van der Waals surface area contributed by atoms with E-state index in [9.17, 15) is 4.79 Å². The third-order valence-electron chi connectivity index (χ3n) is 3.78. The molecule has 0 spiro atoms. The maximum Gasteiger partial charge on any atom is 0.252 e. The van der Waals surface area contributed by atoms with Gasteiger partial charge in [0.15, 0.2) is 0 Å². The number of para-hydroxylation sites is 1. The minimum Gasteiger partial charge on any atom is -0.350 e. The summed E-state index contributed by atoms with van der Waals surface area (Å²) in [6, 6.07) is 13.8. The van der Waals surface area contributed by atoms with Gasteiger partial charge >= 0.3 is 0 Å². The van der Waals surface area contributed by atoms with E-state index in [0.29, 0.717) is 5.56 Å². The predicted octanol–water partition coefficient (Wildman–Crippen LogP) is 5.25. The molecule has 1 N–H and O–H groups in total. The number of hydrogen-bond donors (Lipinski definition) is 1.